The first-order valence-corrected chi connectivity index (χ1v) is 8.32. The molecule has 0 aliphatic heterocycles. The largest absolute Gasteiger partial charge is 0.391 e. The number of alkyl halides is 3. The predicted molar refractivity (Wildman–Crippen MR) is 84.4 cm³/mol. The third kappa shape index (κ3) is 5.81. The van der Waals surface area contributed by atoms with Crippen LogP contribution in [-0.2, 0) is 11.3 Å². The fraction of sp³-hybridized carbons (Fsp3) is 0.750. The number of amides is 1. The normalized spacial score (nSPS) is 23.0. The molecule has 1 aliphatic carbocycles. The third-order valence-electron chi connectivity index (χ3n) is 4.34. The van der Waals surface area contributed by atoms with Crippen LogP contribution in [-0.4, -0.2) is 40.5 Å². The number of carbonyl (C=O) groups excluding carboxylic acids is 1. The van der Waals surface area contributed by atoms with Crippen LogP contribution in [0.4, 0.5) is 13.2 Å². The molecule has 0 radical (unpaired) electrons. The fourth-order valence-electron chi connectivity index (χ4n) is 3.08. The molecule has 8 heteroatoms. The molecule has 136 valence electrons. The van der Waals surface area contributed by atoms with Crippen LogP contribution in [0, 0.1) is 12.8 Å². The third-order valence-corrected chi connectivity index (χ3v) is 4.34. The molecule has 1 aromatic heterocycles. The molecule has 0 spiro atoms. The Labute approximate surface area is 140 Å². The van der Waals surface area contributed by atoms with Crippen LogP contribution in [0.25, 0.3) is 0 Å². The van der Waals surface area contributed by atoms with Gasteiger partial charge in [0.15, 0.2) is 0 Å². The summed E-state index contributed by atoms with van der Waals surface area (Å²) in [6.07, 6.45) is 0.763. The number of hydrogen-bond donors (Lipinski definition) is 2. The maximum atomic E-state index is 12.8. The Morgan fingerprint density at radius 1 is 1.46 bits per heavy atom. The van der Waals surface area contributed by atoms with Crippen molar-refractivity contribution in [2.24, 2.45) is 5.92 Å². The highest BCUT2D eigenvalue weighted by atomic mass is 19.4. The Balaban J connectivity index is 1.70. The van der Waals surface area contributed by atoms with Gasteiger partial charge in [-0.15, -0.1) is 0 Å². The summed E-state index contributed by atoms with van der Waals surface area (Å²) in [6.45, 7) is 4.60. The van der Waals surface area contributed by atoms with Crippen molar-refractivity contribution in [3.05, 3.63) is 18.0 Å². The summed E-state index contributed by atoms with van der Waals surface area (Å²) in [5, 5.41) is 9.97. The van der Waals surface area contributed by atoms with E-state index in [-0.39, 0.29) is 37.4 Å². The van der Waals surface area contributed by atoms with Crippen LogP contribution in [0.15, 0.2) is 12.4 Å². The Hall–Kier alpha value is -1.57. The van der Waals surface area contributed by atoms with Crippen molar-refractivity contribution in [1.82, 2.24) is 20.4 Å². The molecule has 5 nitrogen and oxygen atoms in total. The van der Waals surface area contributed by atoms with Gasteiger partial charge in [0, 0.05) is 18.3 Å². The Bertz CT molecular complexity index is 544. The molecule has 1 amide bonds. The molecule has 2 rings (SSSR count). The van der Waals surface area contributed by atoms with E-state index >= 15 is 0 Å². The van der Waals surface area contributed by atoms with E-state index in [1.54, 1.807) is 10.9 Å². The number of nitrogens with one attached hydrogen (secondary N) is 2. The highest BCUT2D eigenvalue weighted by Gasteiger charge is 2.42. The molecule has 0 saturated heterocycles. The quantitative estimate of drug-likeness (QED) is 0.832. The van der Waals surface area contributed by atoms with Gasteiger partial charge in [0.2, 0.25) is 5.91 Å². The van der Waals surface area contributed by atoms with Crippen molar-refractivity contribution in [1.29, 1.82) is 0 Å². The minimum absolute atomic E-state index is 0.0165. The number of halogens is 3. The lowest BCUT2D eigenvalue weighted by Crippen LogP contribution is -2.46. The zero-order valence-electron chi connectivity index (χ0n) is 14.1. The van der Waals surface area contributed by atoms with Gasteiger partial charge in [-0.1, -0.05) is 6.42 Å². The molecular formula is C16H25F3N4O. The SMILES string of the molecule is Cc1cnn(C[C@H](C)NCC(=O)N[C@H]2CCC[C@H](C(F)(F)F)C2)c1. The zero-order valence-corrected chi connectivity index (χ0v) is 14.1. The molecule has 1 fully saturated rings. The van der Waals surface area contributed by atoms with Crippen molar-refractivity contribution in [3.8, 4) is 0 Å². The molecule has 1 heterocycles. The molecule has 0 bridgehead atoms. The molecule has 1 aromatic rings. The molecule has 24 heavy (non-hydrogen) atoms. The summed E-state index contributed by atoms with van der Waals surface area (Å²) in [5.74, 6) is -1.56. The maximum Gasteiger partial charge on any atom is 0.391 e. The van der Waals surface area contributed by atoms with Crippen molar-refractivity contribution in [2.45, 2.75) is 64.3 Å². The number of hydrogen-bond acceptors (Lipinski definition) is 3. The van der Waals surface area contributed by atoms with E-state index in [1.807, 2.05) is 20.0 Å². The summed E-state index contributed by atoms with van der Waals surface area (Å²) in [6, 6.07) is -0.354. The lowest BCUT2D eigenvalue weighted by atomic mass is 9.85. The van der Waals surface area contributed by atoms with Gasteiger partial charge in [-0.05, 0) is 38.7 Å². The number of aromatic nitrogens is 2. The smallest absolute Gasteiger partial charge is 0.352 e. The number of rotatable bonds is 6. The van der Waals surface area contributed by atoms with Crippen molar-refractivity contribution in [2.75, 3.05) is 6.54 Å². The molecular weight excluding hydrogens is 321 g/mol. The van der Waals surface area contributed by atoms with E-state index in [1.165, 1.54) is 0 Å². The summed E-state index contributed by atoms with van der Waals surface area (Å²) < 4.78 is 40.1. The number of nitrogens with zero attached hydrogens (tertiary/aromatic N) is 2. The Morgan fingerprint density at radius 2 is 2.21 bits per heavy atom. The molecule has 3 atom stereocenters. The average molecular weight is 346 g/mol. The van der Waals surface area contributed by atoms with Gasteiger partial charge in [-0.2, -0.15) is 18.3 Å². The lowest BCUT2D eigenvalue weighted by molar-refractivity contribution is -0.184. The fourth-order valence-corrected chi connectivity index (χ4v) is 3.08. The monoisotopic (exact) mass is 346 g/mol. The van der Waals surface area contributed by atoms with E-state index in [9.17, 15) is 18.0 Å². The second-order valence-electron chi connectivity index (χ2n) is 6.69. The van der Waals surface area contributed by atoms with Gasteiger partial charge < -0.3 is 10.6 Å². The van der Waals surface area contributed by atoms with Crippen LogP contribution in [0.2, 0.25) is 0 Å². The van der Waals surface area contributed by atoms with E-state index < -0.39 is 12.1 Å². The van der Waals surface area contributed by atoms with E-state index in [2.05, 4.69) is 15.7 Å². The predicted octanol–water partition coefficient (Wildman–Crippen LogP) is 2.41. The Morgan fingerprint density at radius 3 is 2.83 bits per heavy atom. The topological polar surface area (TPSA) is 59.0 Å². The maximum absolute atomic E-state index is 12.8. The van der Waals surface area contributed by atoms with Gasteiger partial charge >= 0.3 is 6.18 Å². The van der Waals surface area contributed by atoms with Gasteiger partial charge in [0.05, 0.1) is 25.2 Å². The van der Waals surface area contributed by atoms with Gasteiger partial charge in [-0.25, -0.2) is 0 Å². The van der Waals surface area contributed by atoms with Gasteiger partial charge in [0.25, 0.3) is 0 Å². The molecule has 2 N–H and O–H groups in total. The summed E-state index contributed by atoms with van der Waals surface area (Å²) >= 11 is 0. The summed E-state index contributed by atoms with van der Waals surface area (Å²) in [5.41, 5.74) is 1.07. The van der Waals surface area contributed by atoms with Gasteiger partial charge in [0.1, 0.15) is 0 Å². The van der Waals surface area contributed by atoms with Gasteiger partial charge in [-0.3, -0.25) is 9.48 Å². The lowest BCUT2D eigenvalue weighted by Gasteiger charge is -2.31. The first kappa shape index (κ1) is 18.8. The minimum atomic E-state index is -4.17. The standard InChI is InChI=1S/C16H25F3N4O/c1-11-7-21-23(9-11)10-12(2)20-8-15(24)22-14-5-3-4-13(6-14)16(17,18)19/h7,9,12-14,20H,3-6,8,10H2,1-2H3,(H,22,24)/t12-,13-,14-/m0/s1. The van der Waals surface area contributed by atoms with Crippen molar-refractivity contribution >= 4 is 5.91 Å². The number of aryl methyl sites for hydroxylation is 1. The molecule has 1 saturated carbocycles. The van der Waals surface area contributed by atoms with Crippen LogP contribution >= 0.6 is 0 Å². The van der Waals surface area contributed by atoms with Crippen LogP contribution in [0.3, 0.4) is 0 Å². The van der Waals surface area contributed by atoms with E-state index in [0.717, 1.165) is 5.56 Å². The Kier molecular flexibility index (Phi) is 6.26. The first-order valence-electron chi connectivity index (χ1n) is 8.32. The minimum Gasteiger partial charge on any atom is -0.352 e. The second kappa shape index (κ2) is 8.00. The highest BCUT2D eigenvalue weighted by Crippen LogP contribution is 2.37. The number of carbonyl (C=O) groups is 1. The highest BCUT2D eigenvalue weighted by molar-refractivity contribution is 5.78. The van der Waals surface area contributed by atoms with Crippen molar-refractivity contribution in [3.63, 3.8) is 0 Å². The average Bonchev–Trinajstić information content (AvgIpc) is 2.90. The molecule has 1 aliphatic rings. The summed E-state index contributed by atoms with van der Waals surface area (Å²) in [4.78, 5) is 12.0. The zero-order chi connectivity index (χ0) is 17.7. The molecule has 0 aromatic carbocycles. The second-order valence-corrected chi connectivity index (χ2v) is 6.69. The molecule has 0 unspecified atom stereocenters. The van der Waals surface area contributed by atoms with Crippen LogP contribution < -0.4 is 10.6 Å². The van der Waals surface area contributed by atoms with E-state index in [0.29, 0.717) is 19.4 Å². The van der Waals surface area contributed by atoms with Crippen molar-refractivity contribution < 1.29 is 18.0 Å². The van der Waals surface area contributed by atoms with Crippen LogP contribution in [0.5, 0.6) is 0 Å². The van der Waals surface area contributed by atoms with Crippen LogP contribution in [0.1, 0.15) is 38.2 Å². The van der Waals surface area contributed by atoms with E-state index in [4.69, 9.17) is 0 Å². The first-order chi connectivity index (χ1) is 11.2. The summed E-state index contributed by atoms with van der Waals surface area (Å²) in [7, 11) is 0.